The number of carbonyl (C=O) groups excluding carboxylic acids is 5. The molecule has 2 aliphatic rings. The van der Waals surface area contributed by atoms with Crippen LogP contribution in [0.1, 0.15) is 83.7 Å². The largest absolute Gasteiger partial charge is 0.467 e. The van der Waals surface area contributed by atoms with Crippen molar-refractivity contribution in [3.8, 4) is 22.4 Å². The third kappa shape index (κ3) is 10.6. The van der Waals surface area contributed by atoms with Crippen molar-refractivity contribution in [2.45, 2.75) is 98.4 Å². The predicted octanol–water partition coefficient (Wildman–Crippen LogP) is 5.95. The average molecular weight is 864 g/mol. The van der Waals surface area contributed by atoms with Crippen molar-refractivity contribution >= 4 is 41.5 Å². The highest BCUT2D eigenvalue weighted by Gasteiger charge is 2.38. The molecular weight excluding hydrogens is 799 g/mol. The fourth-order valence-electron chi connectivity index (χ4n) is 9.33. The van der Waals surface area contributed by atoms with Crippen molar-refractivity contribution in [1.29, 1.82) is 0 Å². The van der Waals surface area contributed by atoms with E-state index >= 15 is 0 Å². The predicted molar refractivity (Wildman–Crippen MR) is 243 cm³/mol. The number of hydrogen-bond acceptors (Lipinski definition) is 9. The number of nitrogens with one attached hydrogen (secondary N) is 2. The highest BCUT2D eigenvalue weighted by molar-refractivity contribution is 5.96. The summed E-state index contributed by atoms with van der Waals surface area (Å²) in [5.74, 6) is -1.45. The maximum atomic E-state index is 14.3. The van der Waals surface area contributed by atoms with Crippen molar-refractivity contribution in [2.75, 3.05) is 46.9 Å². The Labute approximate surface area is 371 Å². The summed E-state index contributed by atoms with van der Waals surface area (Å²) in [5, 5.41) is 5.76. The summed E-state index contributed by atoms with van der Waals surface area (Å²) in [7, 11) is 3.32. The minimum atomic E-state index is -0.908. The third-order valence-electron chi connectivity index (χ3n) is 12.6. The topological polar surface area (TPSA) is 155 Å². The Morgan fingerprint density at radius 1 is 1.03 bits per heavy atom. The number of pyridine rings is 1. The number of rotatable bonds is 19. The van der Waals surface area contributed by atoms with Crippen LogP contribution < -0.4 is 10.7 Å². The summed E-state index contributed by atoms with van der Waals surface area (Å²) >= 11 is 0. The molecule has 2 aliphatic heterocycles. The molecule has 4 aromatic rings. The van der Waals surface area contributed by atoms with Gasteiger partial charge in [-0.05, 0) is 92.0 Å². The van der Waals surface area contributed by atoms with Gasteiger partial charge in [-0.1, -0.05) is 58.0 Å². The molecule has 2 aromatic carbocycles. The van der Waals surface area contributed by atoms with E-state index in [9.17, 15) is 24.0 Å². The first-order chi connectivity index (χ1) is 30.2. The summed E-state index contributed by atoms with van der Waals surface area (Å²) in [6.45, 7) is 15.6. The fraction of sp³-hybridized carbons (Fsp3) is 0.510. The number of methoxy groups -OCH3 is 1. The molecule has 14 heteroatoms. The summed E-state index contributed by atoms with van der Waals surface area (Å²) in [5.41, 5.74) is 10.7. The van der Waals surface area contributed by atoms with Crippen LogP contribution in [0.15, 0.2) is 60.8 Å². The summed E-state index contributed by atoms with van der Waals surface area (Å²) in [6.07, 6.45) is 5.47. The highest BCUT2D eigenvalue weighted by Crippen LogP contribution is 2.42. The number of aromatic nitrogens is 2. The van der Waals surface area contributed by atoms with Crippen LogP contribution in [0, 0.1) is 17.3 Å². The van der Waals surface area contributed by atoms with Crippen molar-refractivity contribution in [1.82, 2.24) is 35.1 Å². The average Bonchev–Trinajstić information content (AvgIpc) is 3.89. The number of benzene rings is 2. The van der Waals surface area contributed by atoms with Crippen LogP contribution in [0.3, 0.4) is 0 Å². The lowest BCUT2D eigenvalue weighted by Crippen LogP contribution is -2.59. The van der Waals surface area contributed by atoms with Crippen molar-refractivity contribution in [3.05, 3.63) is 77.6 Å². The van der Waals surface area contributed by atoms with Gasteiger partial charge in [-0.3, -0.25) is 34.0 Å². The van der Waals surface area contributed by atoms with Gasteiger partial charge in [0.15, 0.2) is 0 Å². The van der Waals surface area contributed by atoms with Crippen molar-refractivity contribution < 1.29 is 33.4 Å². The quantitative estimate of drug-likeness (QED) is 0.109. The van der Waals surface area contributed by atoms with Crippen LogP contribution in [0.4, 0.5) is 0 Å². The van der Waals surface area contributed by atoms with E-state index in [1.54, 1.807) is 30.3 Å². The number of nitrogens with zero attached hydrogens (tertiary/aromatic N) is 5. The number of hydrazine groups is 1. The second kappa shape index (κ2) is 20.7. The van der Waals surface area contributed by atoms with E-state index in [4.69, 9.17) is 14.5 Å². The van der Waals surface area contributed by atoms with Gasteiger partial charge in [-0.2, -0.15) is 0 Å². The summed E-state index contributed by atoms with van der Waals surface area (Å²) < 4.78 is 13.4. The molecule has 14 nitrogen and oxygen atoms in total. The zero-order valence-corrected chi connectivity index (χ0v) is 38.2. The van der Waals surface area contributed by atoms with Gasteiger partial charge in [-0.25, -0.2) is 5.43 Å². The number of amides is 4. The second-order valence-corrected chi connectivity index (χ2v) is 18.2. The number of carbonyl (C=O) groups is 5. The van der Waals surface area contributed by atoms with E-state index in [-0.39, 0.29) is 42.8 Å². The first-order valence-electron chi connectivity index (χ1n) is 22.3. The van der Waals surface area contributed by atoms with Crippen LogP contribution in [0.25, 0.3) is 33.3 Å². The first kappa shape index (κ1) is 46.9. The van der Waals surface area contributed by atoms with Gasteiger partial charge in [0.05, 0.1) is 30.0 Å². The lowest BCUT2D eigenvalue weighted by atomic mass is 9.84. The van der Waals surface area contributed by atoms with Crippen LogP contribution in [-0.4, -0.2) is 114 Å². The van der Waals surface area contributed by atoms with Crippen LogP contribution >= 0.6 is 0 Å². The molecule has 4 amide bonds. The van der Waals surface area contributed by atoms with Gasteiger partial charge < -0.3 is 29.2 Å². The molecule has 0 spiro atoms. The first-order valence-corrected chi connectivity index (χ1v) is 22.3. The molecule has 0 saturated carbocycles. The molecule has 4 unspecified atom stereocenters. The van der Waals surface area contributed by atoms with E-state index in [1.807, 2.05) is 39.0 Å². The summed E-state index contributed by atoms with van der Waals surface area (Å²) in [6, 6.07) is 16.9. The molecule has 2 fully saturated rings. The van der Waals surface area contributed by atoms with Crippen LogP contribution in [0.2, 0.25) is 0 Å². The number of aryl methyl sites for hydroxylation is 1. The Morgan fingerprint density at radius 3 is 2.48 bits per heavy atom. The van der Waals surface area contributed by atoms with Crippen LogP contribution in [0.5, 0.6) is 0 Å². The fourth-order valence-corrected chi connectivity index (χ4v) is 9.33. The van der Waals surface area contributed by atoms with E-state index in [0.29, 0.717) is 52.0 Å². The highest BCUT2D eigenvalue weighted by atomic mass is 16.5. The second-order valence-electron chi connectivity index (χ2n) is 18.2. The Bertz CT molecular complexity index is 2270. The molecule has 2 N–H and O–H groups in total. The molecule has 4 heterocycles. The lowest BCUT2D eigenvalue weighted by Gasteiger charge is -2.35. The number of ether oxygens (including phenoxy) is 2. The smallest absolute Gasteiger partial charge is 0.293 e. The standard InChI is InChI=1S/C49H65N7O7/c1-9-55-42-18-17-36(26-39(42)40(27-49(5,6)29-63-31-58)45(55)38-16-13-20-50-43(38)33(4)62-8)35-15-12-14-34(24-35)25-41(48(61)56-22-11-10-21-51-56)52-46(59)44(32(2)3)53(7)47(60)37-19-23-54(28-37)30-57/h12-18,20,24,26,30-33,37,41,44,51H,9-11,19,21-23,25,27-29H2,1-8H3,(H,52,59). The number of hydrogen-bond donors (Lipinski definition) is 2. The maximum absolute atomic E-state index is 14.3. The Hall–Kier alpha value is -5.60. The van der Waals surface area contributed by atoms with Gasteiger partial charge in [0.25, 0.3) is 12.4 Å². The molecule has 338 valence electrons. The molecule has 0 aliphatic carbocycles. The Morgan fingerprint density at radius 2 is 1.81 bits per heavy atom. The van der Waals surface area contributed by atoms with E-state index in [2.05, 4.69) is 72.5 Å². The molecule has 0 bridgehead atoms. The van der Waals surface area contributed by atoms with Gasteiger partial charge in [0, 0.05) is 81.4 Å². The van der Waals surface area contributed by atoms with Gasteiger partial charge >= 0.3 is 0 Å². The van der Waals surface area contributed by atoms with Gasteiger partial charge in [-0.15, -0.1) is 0 Å². The Balaban J connectivity index is 1.37. The molecule has 63 heavy (non-hydrogen) atoms. The molecule has 2 saturated heterocycles. The van der Waals surface area contributed by atoms with Gasteiger partial charge in [0.2, 0.25) is 18.2 Å². The molecule has 4 atom stereocenters. The Kier molecular flexibility index (Phi) is 15.4. The summed E-state index contributed by atoms with van der Waals surface area (Å²) in [4.78, 5) is 72.8. The zero-order chi connectivity index (χ0) is 45.4. The normalized spacial score (nSPS) is 17.1. The minimum absolute atomic E-state index is 0.189. The lowest BCUT2D eigenvalue weighted by molar-refractivity contribution is -0.145. The maximum Gasteiger partial charge on any atom is 0.293 e. The molecule has 6 rings (SSSR count). The van der Waals surface area contributed by atoms with Crippen molar-refractivity contribution in [2.24, 2.45) is 17.3 Å². The number of fused-ring (bicyclic) bond motifs is 1. The minimum Gasteiger partial charge on any atom is -0.467 e. The molecule has 2 aromatic heterocycles. The molecule has 0 radical (unpaired) electrons. The number of likely N-dealkylation sites (N-methyl/N-ethyl adjacent to an activating group) is 1. The van der Waals surface area contributed by atoms with E-state index < -0.39 is 23.4 Å². The van der Waals surface area contributed by atoms with E-state index in [1.165, 1.54) is 4.90 Å². The van der Waals surface area contributed by atoms with Crippen molar-refractivity contribution in [3.63, 3.8) is 0 Å². The zero-order valence-electron chi connectivity index (χ0n) is 38.2. The third-order valence-corrected chi connectivity index (χ3v) is 12.6. The monoisotopic (exact) mass is 863 g/mol. The number of likely N-dealkylation sites (tertiary alicyclic amines) is 1. The SMILES string of the molecule is CCn1c(-c2cccnc2C(C)OC)c(CC(C)(C)COC=O)c2cc(-c3cccc(CC(NC(=O)C(C(C)C)N(C)C(=O)C4CCN(C=O)C4)C(=O)N4CCCCN4)c3)ccc21. The van der Waals surface area contributed by atoms with Gasteiger partial charge in [0.1, 0.15) is 12.1 Å². The van der Waals surface area contributed by atoms with E-state index in [0.717, 1.165) is 69.4 Å². The van der Waals surface area contributed by atoms with Crippen LogP contribution in [-0.2, 0) is 52.8 Å². The molecular formula is C49H65N7O7.